The summed E-state index contributed by atoms with van der Waals surface area (Å²) < 4.78 is 0. The molecule has 0 spiro atoms. The zero-order valence-corrected chi connectivity index (χ0v) is 8.08. The molecule has 0 bridgehead atoms. The first-order valence-electron chi connectivity index (χ1n) is 4.49. The fraction of sp³-hybridized carbons (Fsp3) is 0. The molecule has 78 valence electrons. The van der Waals surface area contributed by atoms with Gasteiger partial charge in [-0.1, -0.05) is 24.3 Å². The second-order valence-electron chi connectivity index (χ2n) is 3.18. The molecule has 0 atom stereocenters. The van der Waals surface area contributed by atoms with Crippen molar-refractivity contribution in [2.45, 2.75) is 0 Å². The van der Waals surface area contributed by atoms with Crippen LogP contribution in [0.3, 0.4) is 0 Å². The molecule has 0 amide bonds. The van der Waals surface area contributed by atoms with Crippen LogP contribution in [0.25, 0.3) is 10.8 Å². The lowest BCUT2D eigenvalue weighted by atomic mass is 10.0. The highest BCUT2D eigenvalue weighted by atomic mass is 16.3. The van der Waals surface area contributed by atoms with E-state index in [0.29, 0.717) is 17.1 Å². The van der Waals surface area contributed by atoms with Crippen LogP contribution in [-0.4, -0.2) is 6.29 Å². The van der Waals surface area contributed by atoms with Gasteiger partial charge in [-0.05, 0) is 27.2 Å². The SMILES string of the molecule is O=Cc1c(N=O)c(N=O)cc2ccccc12. The van der Waals surface area contributed by atoms with Crippen LogP contribution in [0.2, 0.25) is 0 Å². The minimum atomic E-state index is -0.205. The summed E-state index contributed by atoms with van der Waals surface area (Å²) in [6.07, 6.45) is 0.508. The van der Waals surface area contributed by atoms with E-state index in [9.17, 15) is 14.6 Å². The van der Waals surface area contributed by atoms with Gasteiger partial charge in [-0.25, -0.2) is 0 Å². The second-order valence-corrected chi connectivity index (χ2v) is 3.18. The molecule has 2 aromatic carbocycles. The largest absolute Gasteiger partial charge is 0.298 e. The van der Waals surface area contributed by atoms with E-state index in [-0.39, 0.29) is 16.9 Å². The third-order valence-electron chi connectivity index (χ3n) is 2.35. The molecule has 5 nitrogen and oxygen atoms in total. The number of nitrogens with zero attached hydrogens (tertiary/aromatic N) is 2. The summed E-state index contributed by atoms with van der Waals surface area (Å²) >= 11 is 0. The number of carbonyl (C=O) groups is 1. The van der Waals surface area contributed by atoms with Crippen molar-refractivity contribution in [3.8, 4) is 0 Å². The third-order valence-corrected chi connectivity index (χ3v) is 2.35. The average Bonchev–Trinajstić information content (AvgIpc) is 2.36. The number of benzene rings is 2. The van der Waals surface area contributed by atoms with Crippen LogP contribution in [0.5, 0.6) is 0 Å². The summed E-state index contributed by atoms with van der Waals surface area (Å²) in [5.74, 6) is 0. The molecule has 5 heteroatoms. The van der Waals surface area contributed by atoms with Crippen molar-refractivity contribution in [2.75, 3.05) is 0 Å². The summed E-state index contributed by atoms with van der Waals surface area (Å²) in [4.78, 5) is 32.1. The van der Waals surface area contributed by atoms with E-state index in [2.05, 4.69) is 10.4 Å². The fourth-order valence-corrected chi connectivity index (χ4v) is 1.63. The van der Waals surface area contributed by atoms with Crippen molar-refractivity contribution in [2.24, 2.45) is 10.4 Å². The number of fused-ring (bicyclic) bond motifs is 1. The Bertz CT molecular complexity index is 593. The molecule has 0 fully saturated rings. The topological polar surface area (TPSA) is 75.9 Å². The number of hydrogen-bond acceptors (Lipinski definition) is 5. The molecule has 2 rings (SSSR count). The lowest BCUT2D eigenvalue weighted by Gasteiger charge is -2.04. The number of hydrogen-bond donors (Lipinski definition) is 0. The Balaban J connectivity index is 2.98. The highest BCUT2D eigenvalue weighted by Crippen LogP contribution is 2.36. The Morgan fingerprint density at radius 1 is 1.06 bits per heavy atom. The second kappa shape index (κ2) is 3.98. The Morgan fingerprint density at radius 2 is 1.81 bits per heavy atom. The molecule has 0 aromatic heterocycles. The van der Waals surface area contributed by atoms with E-state index in [4.69, 9.17) is 0 Å². The van der Waals surface area contributed by atoms with Gasteiger partial charge >= 0.3 is 0 Å². The van der Waals surface area contributed by atoms with E-state index in [1.165, 1.54) is 6.07 Å². The molecule has 2 aromatic rings. The molecule has 0 N–H and O–H groups in total. The summed E-state index contributed by atoms with van der Waals surface area (Å²) in [5, 5.41) is 6.64. The smallest absolute Gasteiger partial charge is 0.153 e. The van der Waals surface area contributed by atoms with Gasteiger partial charge in [0.15, 0.2) is 6.29 Å². The van der Waals surface area contributed by atoms with Gasteiger partial charge in [-0.2, -0.15) is 0 Å². The molecule has 0 aliphatic rings. The zero-order valence-electron chi connectivity index (χ0n) is 8.08. The quantitative estimate of drug-likeness (QED) is 0.579. The van der Waals surface area contributed by atoms with Crippen molar-refractivity contribution in [1.29, 1.82) is 0 Å². The lowest BCUT2D eigenvalue weighted by Crippen LogP contribution is -1.85. The van der Waals surface area contributed by atoms with E-state index in [1.54, 1.807) is 24.3 Å². The Labute approximate surface area is 90.0 Å². The summed E-state index contributed by atoms with van der Waals surface area (Å²) in [6, 6.07) is 8.34. The van der Waals surface area contributed by atoms with Crippen LogP contribution >= 0.6 is 0 Å². The molecule has 0 unspecified atom stereocenters. The van der Waals surface area contributed by atoms with Gasteiger partial charge in [-0.3, -0.25) is 4.79 Å². The highest BCUT2D eigenvalue weighted by molar-refractivity contribution is 6.06. The maximum absolute atomic E-state index is 10.9. The maximum Gasteiger partial charge on any atom is 0.153 e. The van der Waals surface area contributed by atoms with Gasteiger partial charge in [-0.15, -0.1) is 9.81 Å². The Kier molecular flexibility index (Phi) is 2.51. The molecular weight excluding hydrogens is 208 g/mol. The minimum absolute atomic E-state index is 0.0997. The predicted octanol–water partition coefficient (Wildman–Crippen LogP) is 3.45. The lowest BCUT2D eigenvalue weighted by molar-refractivity contribution is 0.112. The van der Waals surface area contributed by atoms with Crippen molar-refractivity contribution in [1.82, 2.24) is 0 Å². The first-order chi connectivity index (χ1) is 7.81. The average molecular weight is 214 g/mol. The van der Waals surface area contributed by atoms with E-state index in [1.807, 2.05) is 0 Å². The monoisotopic (exact) mass is 214 g/mol. The van der Waals surface area contributed by atoms with Crippen LogP contribution in [0.15, 0.2) is 40.7 Å². The molecular formula is C11H6N2O3. The minimum Gasteiger partial charge on any atom is -0.298 e. The fourth-order valence-electron chi connectivity index (χ4n) is 1.63. The molecule has 0 aliphatic carbocycles. The Hall–Kier alpha value is -2.43. The third kappa shape index (κ3) is 1.38. The van der Waals surface area contributed by atoms with Gasteiger partial charge in [0, 0.05) is 0 Å². The highest BCUT2D eigenvalue weighted by Gasteiger charge is 2.13. The van der Waals surface area contributed by atoms with Crippen LogP contribution in [0, 0.1) is 9.81 Å². The van der Waals surface area contributed by atoms with Crippen LogP contribution in [0.4, 0.5) is 11.4 Å². The van der Waals surface area contributed by atoms with Crippen LogP contribution in [0.1, 0.15) is 10.4 Å². The molecule has 0 heterocycles. The van der Waals surface area contributed by atoms with Gasteiger partial charge in [0.05, 0.1) is 5.56 Å². The standard InChI is InChI=1S/C11H6N2O3/c14-6-9-8-4-2-1-3-7(8)5-10(12-15)11(9)13-16/h1-6H. The molecule has 16 heavy (non-hydrogen) atoms. The van der Waals surface area contributed by atoms with Crippen molar-refractivity contribution in [3.63, 3.8) is 0 Å². The molecule has 0 radical (unpaired) electrons. The summed E-state index contributed by atoms with van der Waals surface area (Å²) in [6.45, 7) is 0. The van der Waals surface area contributed by atoms with Crippen molar-refractivity contribution >= 4 is 28.4 Å². The van der Waals surface area contributed by atoms with E-state index < -0.39 is 0 Å². The van der Waals surface area contributed by atoms with Crippen LogP contribution in [-0.2, 0) is 0 Å². The number of nitroso groups, excluding NO2 is 2. The zero-order chi connectivity index (χ0) is 11.5. The number of carbonyl (C=O) groups excluding carboxylic acids is 1. The normalized spacial score (nSPS) is 10.0. The van der Waals surface area contributed by atoms with Crippen molar-refractivity contribution < 1.29 is 4.79 Å². The number of aldehydes is 1. The van der Waals surface area contributed by atoms with Crippen molar-refractivity contribution in [3.05, 3.63) is 45.7 Å². The molecule has 0 saturated heterocycles. The number of rotatable bonds is 3. The van der Waals surface area contributed by atoms with E-state index in [0.717, 1.165) is 0 Å². The van der Waals surface area contributed by atoms with Gasteiger partial charge in [0.25, 0.3) is 0 Å². The maximum atomic E-state index is 10.9. The first kappa shape index (κ1) is 10.1. The predicted molar refractivity (Wildman–Crippen MR) is 60.2 cm³/mol. The molecule has 0 aliphatic heterocycles. The summed E-state index contributed by atoms with van der Waals surface area (Å²) in [5.41, 5.74) is -0.220. The molecule has 0 saturated carbocycles. The van der Waals surface area contributed by atoms with Crippen LogP contribution < -0.4 is 0 Å². The summed E-state index contributed by atoms with van der Waals surface area (Å²) in [7, 11) is 0. The van der Waals surface area contributed by atoms with Gasteiger partial charge in [0.1, 0.15) is 11.4 Å². The van der Waals surface area contributed by atoms with Gasteiger partial charge < -0.3 is 0 Å². The van der Waals surface area contributed by atoms with Gasteiger partial charge in [0.2, 0.25) is 0 Å². The first-order valence-corrected chi connectivity index (χ1v) is 4.49. The Morgan fingerprint density at radius 3 is 2.44 bits per heavy atom. The van der Waals surface area contributed by atoms with E-state index >= 15 is 0 Å².